The summed E-state index contributed by atoms with van der Waals surface area (Å²) in [7, 11) is 0. The number of halogens is 3. The highest BCUT2D eigenvalue weighted by Gasteiger charge is 2.18. The Morgan fingerprint density at radius 2 is 1.93 bits per heavy atom. The summed E-state index contributed by atoms with van der Waals surface area (Å²) in [5.74, 6) is 0.0599. The topological polar surface area (TPSA) is 104 Å². The average Bonchev–Trinajstić information content (AvgIpc) is 3.19. The monoisotopic (exact) mass is 455 g/mol. The first-order valence-electron chi connectivity index (χ1n) is 9.07. The number of rotatable bonds is 8. The molecule has 0 spiro atoms. The second-order valence-electron chi connectivity index (χ2n) is 6.75. The fourth-order valence-corrected chi connectivity index (χ4v) is 2.96. The van der Waals surface area contributed by atoms with Crippen LogP contribution in [-0.2, 0) is 0 Å². The van der Waals surface area contributed by atoms with Gasteiger partial charge in [0.05, 0.1) is 28.8 Å². The Balaban J connectivity index is 1.84. The second kappa shape index (κ2) is 9.61. The summed E-state index contributed by atoms with van der Waals surface area (Å²) in [6, 6.07) is 6.87. The molecule has 3 aromatic rings. The molecule has 0 bridgehead atoms. The van der Waals surface area contributed by atoms with Gasteiger partial charge in [-0.2, -0.15) is 4.98 Å². The first-order valence-corrected chi connectivity index (χ1v) is 9.83. The molecule has 0 saturated carbocycles. The summed E-state index contributed by atoms with van der Waals surface area (Å²) in [4.78, 5) is 4.28. The van der Waals surface area contributed by atoms with E-state index >= 15 is 0 Å². The van der Waals surface area contributed by atoms with Gasteiger partial charge in [-0.1, -0.05) is 28.4 Å². The number of aromatic nitrogens is 2. The summed E-state index contributed by atoms with van der Waals surface area (Å²) in [5, 5.41) is 13.4. The van der Waals surface area contributed by atoms with Crippen molar-refractivity contribution < 1.29 is 23.5 Å². The zero-order valence-electron chi connectivity index (χ0n) is 16.2. The predicted molar refractivity (Wildman–Crippen MR) is 111 cm³/mol. The largest absolute Gasteiger partial charge is 0.489 e. The van der Waals surface area contributed by atoms with Gasteiger partial charge in [0.25, 0.3) is 5.89 Å². The molecule has 0 fully saturated rings. The van der Waals surface area contributed by atoms with Crippen molar-refractivity contribution in [3.05, 3.63) is 46.2 Å². The molecule has 0 aliphatic heterocycles. The van der Waals surface area contributed by atoms with Crippen molar-refractivity contribution in [2.24, 2.45) is 5.73 Å². The van der Waals surface area contributed by atoms with E-state index in [1.54, 1.807) is 18.2 Å². The van der Waals surface area contributed by atoms with Gasteiger partial charge in [0.15, 0.2) is 11.6 Å². The summed E-state index contributed by atoms with van der Waals surface area (Å²) < 4.78 is 30.5. The van der Waals surface area contributed by atoms with Crippen molar-refractivity contribution in [3.8, 4) is 34.3 Å². The minimum Gasteiger partial charge on any atom is -0.489 e. The van der Waals surface area contributed by atoms with Crippen LogP contribution in [0.15, 0.2) is 34.9 Å². The fourth-order valence-electron chi connectivity index (χ4n) is 2.49. The van der Waals surface area contributed by atoms with Crippen molar-refractivity contribution in [2.45, 2.75) is 26.0 Å². The van der Waals surface area contributed by atoms with E-state index in [-0.39, 0.29) is 47.4 Å². The van der Waals surface area contributed by atoms with Crippen molar-refractivity contribution >= 4 is 23.2 Å². The number of nitrogens with two attached hydrogens (primary N) is 1. The lowest BCUT2D eigenvalue weighted by Crippen LogP contribution is -2.31. The lowest BCUT2D eigenvalue weighted by Gasteiger charge is -2.12. The van der Waals surface area contributed by atoms with Crippen molar-refractivity contribution in [2.75, 3.05) is 13.2 Å². The molecule has 2 aromatic carbocycles. The molecular formula is C20H20Cl2FN3O4. The summed E-state index contributed by atoms with van der Waals surface area (Å²) in [6.07, 6.45) is -0.0216. The Hall–Kier alpha value is -2.39. The summed E-state index contributed by atoms with van der Waals surface area (Å²) in [5.41, 5.74) is 6.36. The number of ether oxygens (including phenoxy) is 2. The lowest BCUT2D eigenvalue weighted by molar-refractivity contribution is 0.202. The van der Waals surface area contributed by atoms with Crippen LogP contribution in [0, 0.1) is 5.82 Å². The van der Waals surface area contributed by atoms with Gasteiger partial charge in [0.2, 0.25) is 5.82 Å². The zero-order chi connectivity index (χ0) is 21.8. The molecule has 0 aliphatic carbocycles. The smallest absolute Gasteiger partial charge is 0.258 e. The first kappa shape index (κ1) is 22.3. The third kappa shape index (κ3) is 5.20. The highest BCUT2D eigenvalue weighted by atomic mass is 35.5. The van der Waals surface area contributed by atoms with Gasteiger partial charge < -0.3 is 24.8 Å². The van der Waals surface area contributed by atoms with Gasteiger partial charge in [0, 0.05) is 17.2 Å². The van der Waals surface area contributed by atoms with Crippen LogP contribution in [0.2, 0.25) is 10.0 Å². The molecule has 1 atom stereocenters. The third-order valence-corrected chi connectivity index (χ3v) is 4.53. The Labute approximate surface area is 182 Å². The minimum absolute atomic E-state index is 0.0216. The van der Waals surface area contributed by atoms with E-state index in [0.29, 0.717) is 16.3 Å². The molecule has 10 heteroatoms. The summed E-state index contributed by atoms with van der Waals surface area (Å²) in [6.45, 7) is 3.45. The van der Waals surface area contributed by atoms with Gasteiger partial charge in [-0.15, -0.1) is 0 Å². The molecule has 1 heterocycles. The molecule has 0 unspecified atom stereocenters. The Kier molecular flexibility index (Phi) is 7.14. The maximum Gasteiger partial charge on any atom is 0.258 e. The van der Waals surface area contributed by atoms with Crippen LogP contribution in [0.25, 0.3) is 22.8 Å². The summed E-state index contributed by atoms with van der Waals surface area (Å²) >= 11 is 12.5. The van der Waals surface area contributed by atoms with Crippen molar-refractivity contribution in [1.82, 2.24) is 10.1 Å². The lowest BCUT2D eigenvalue weighted by atomic mass is 10.2. The standard InChI is InChI=1S/C20H20Cl2FN3O4/c1-10(2)29-17-4-3-11(5-15(17)22)20-25-19(26-30-20)13-6-16(23)18(7-14(13)21)28-9-12(24)8-27/h3-7,10,12,27H,8-9,24H2,1-2H3/t12-/m0/s1. The van der Waals surface area contributed by atoms with Crippen LogP contribution >= 0.6 is 23.2 Å². The maximum atomic E-state index is 14.4. The maximum absolute atomic E-state index is 14.4. The average molecular weight is 456 g/mol. The van der Waals surface area contributed by atoms with Gasteiger partial charge in [-0.25, -0.2) is 4.39 Å². The van der Waals surface area contributed by atoms with E-state index in [1.165, 1.54) is 6.07 Å². The van der Waals surface area contributed by atoms with E-state index in [0.717, 1.165) is 6.07 Å². The third-order valence-electron chi connectivity index (χ3n) is 3.92. The number of benzene rings is 2. The van der Waals surface area contributed by atoms with Crippen LogP contribution in [0.5, 0.6) is 11.5 Å². The molecule has 0 aliphatic rings. The predicted octanol–water partition coefficient (Wildman–Crippen LogP) is 4.34. The molecule has 160 valence electrons. The molecule has 3 rings (SSSR count). The number of hydrogen-bond donors (Lipinski definition) is 2. The van der Waals surface area contributed by atoms with Crippen molar-refractivity contribution in [1.29, 1.82) is 0 Å². The molecule has 0 amide bonds. The molecule has 7 nitrogen and oxygen atoms in total. The normalized spacial score (nSPS) is 12.3. The molecule has 30 heavy (non-hydrogen) atoms. The molecule has 0 saturated heterocycles. The number of aliphatic hydroxyl groups excluding tert-OH is 1. The number of nitrogens with zero attached hydrogens (tertiary/aromatic N) is 2. The van der Waals surface area contributed by atoms with E-state index in [2.05, 4.69) is 10.1 Å². The van der Waals surface area contributed by atoms with E-state index in [4.69, 9.17) is 48.0 Å². The van der Waals surface area contributed by atoms with Gasteiger partial charge in [-0.05, 0) is 38.1 Å². The van der Waals surface area contributed by atoms with Crippen LogP contribution in [-0.4, -0.2) is 40.6 Å². The first-order chi connectivity index (χ1) is 14.3. The van der Waals surface area contributed by atoms with Crippen LogP contribution in [0.3, 0.4) is 0 Å². The quantitative estimate of drug-likeness (QED) is 0.520. The van der Waals surface area contributed by atoms with E-state index in [9.17, 15) is 4.39 Å². The van der Waals surface area contributed by atoms with Gasteiger partial charge in [0.1, 0.15) is 12.4 Å². The van der Waals surface area contributed by atoms with E-state index in [1.807, 2.05) is 13.8 Å². The van der Waals surface area contributed by atoms with Crippen molar-refractivity contribution in [3.63, 3.8) is 0 Å². The fraction of sp³-hybridized carbons (Fsp3) is 0.300. The molecule has 3 N–H and O–H groups in total. The Bertz CT molecular complexity index is 1030. The zero-order valence-corrected chi connectivity index (χ0v) is 17.7. The second-order valence-corrected chi connectivity index (χ2v) is 7.57. The van der Waals surface area contributed by atoms with Crippen LogP contribution in [0.1, 0.15) is 13.8 Å². The number of aliphatic hydroxyl groups is 1. The van der Waals surface area contributed by atoms with Gasteiger partial charge in [-0.3, -0.25) is 0 Å². The Morgan fingerprint density at radius 3 is 2.60 bits per heavy atom. The van der Waals surface area contributed by atoms with E-state index < -0.39 is 11.9 Å². The highest BCUT2D eigenvalue weighted by Crippen LogP contribution is 2.34. The SMILES string of the molecule is CC(C)Oc1ccc(-c2nc(-c3cc(F)c(OC[C@@H](N)CO)cc3Cl)no2)cc1Cl. The van der Waals surface area contributed by atoms with Crippen LogP contribution in [0.4, 0.5) is 4.39 Å². The molecule has 1 aromatic heterocycles. The molecular weight excluding hydrogens is 436 g/mol. The van der Waals surface area contributed by atoms with Gasteiger partial charge >= 0.3 is 0 Å². The highest BCUT2D eigenvalue weighted by molar-refractivity contribution is 6.33. The minimum atomic E-state index is -0.677. The Morgan fingerprint density at radius 1 is 1.17 bits per heavy atom. The number of hydrogen-bond acceptors (Lipinski definition) is 7. The van der Waals surface area contributed by atoms with Crippen LogP contribution < -0.4 is 15.2 Å². The molecule has 0 radical (unpaired) electrons.